The van der Waals surface area contributed by atoms with Crippen LogP contribution in [0, 0.1) is 0 Å². The molecule has 0 spiro atoms. The number of halogens is 6. The molecule has 0 radical (unpaired) electrons. The average Bonchev–Trinajstić information content (AvgIpc) is 2.05. The molecule has 0 amide bonds. The van der Waals surface area contributed by atoms with Crippen molar-refractivity contribution in [2.75, 3.05) is 0 Å². The van der Waals surface area contributed by atoms with Crippen LogP contribution in [0.3, 0.4) is 0 Å². The van der Waals surface area contributed by atoms with Crippen LogP contribution in [0.25, 0.3) is 0 Å². The molecule has 1 heterocycles. The Labute approximate surface area is 87.2 Å². The largest absolute Gasteiger partial charge is 0.322 e. The van der Waals surface area contributed by atoms with Crippen LogP contribution in [0.5, 0.6) is 0 Å². The van der Waals surface area contributed by atoms with Crippen LogP contribution in [0.1, 0.15) is 0 Å². The molecule has 0 bridgehead atoms. The van der Waals surface area contributed by atoms with Crippen molar-refractivity contribution in [1.82, 2.24) is 0 Å². The van der Waals surface area contributed by atoms with Crippen molar-refractivity contribution in [2.24, 2.45) is 0 Å². The zero-order chi connectivity index (χ0) is 10.7. The lowest BCUT2D eigenvalue weighted by Crippen LogP contribution is -2.33. The van der Waals surface area contributed by atoms with E-state index in [-0.39, 0.29) is 0 Å². The van der Waals surface area contributed by atoms with Gasteiger partial charge in [-0.05, 0) is 31.9 Å². The molecule has 0 saturated heterocycles. The predicted molar refractivity (Wildman–Crippen MR) is 43.7 cm³/mol. The standard InChI is InChI=1S/C4Br2F4O2S/c5-3(9)1(7)2(8)4(6,10)13(3,11)12/t3-,4-/m1/s1. The number of sulfone groups is 1. The lowest BCUT2D eigenvalue weighted by atomic mass is 10.5. The number of hydrogen-bond acceptors (Lipinski definition) is 2. The second-order valence-corrected chi connectivity index (χ2v) is 7.53. The summed E-state index contributed by atoms with van der Waals surface area (Å²) in [6.07, 6.45) is 0. The van der Waals surface area contributed by atoms with Crippen LogP contribution in [0.4, 0.5) is 17.6 Å². The van der Waals surface area contributed by atoms with Gasteiger partial charge in [-0.1, -0.05) is 0 Å². The first kappa shape index (κ1) is 11.4. The van der Waals surface area contributed by atoms with E-state index in [0.29, 0.717) is 0 Å². The fourth-order valence-corrected chi connectivity index (χ4v) is 3.96. The van der Waals surface area contributed by atoms with Crippen molar-refractivity contribution < 1.29 is 26.0 Å². The molecule has 9 heteroatoms. The normalized spacial score (nSPS) is 44.2. The summed E-state index contributed by atoms with van der Waals surface area (Å²) in [6, 6.07) is 0. The SMILES string of the molecule is O=S1(=O)[C@@](F)(Br)C(F)=C(F)[C@]1(F)Br. The minimum absolute atomic E-state index is 1.75. The van der Waals surface area contributed by atoms with Gasteiger partial charge in [0.15, 0.2) is 0 Å². The highest BCUT2D eigenvalue weighted by Gasteiger charge is 2.70. The predicted octanol–water partition coefficient (Wildman–Crippen LogP) is 2.60. The highest BCUT2D eigenvalue weighted by atomic mass is 79.9. The lowest BCUT2D eigenvalue weighted by Gasteiger charge is -2.13. The molecule has 0 fully saturated rings. The van der Waals surface area contributed by atoms with Gasteiger partial charge in [-0.15, -0.1) is 0 Å². The maximum Gasteiger partial charge on any atom is 0.322 e. The molecule has 2 atom stereocenters. The van der Waals surface area contributed by atoms with Crippen LogP contribution in [0.15, 0.2) is 11.7 Å². The van der Waals surface area contributed by atoms with E-state index < -0.39 is 29.3 Å². The summed E-state index contributed by atoms with van der Waals surface area (Å²) in [7, 11) is -5.33. The van der Waals surface area contributed by atoms with Crippen molar-refractivity contribution >= 4 is 41.7 Å². The minimum atomic E-state index is -5.33. The summed E-state index contributed by atoms with van der Waals surface area (Å²) in [6.45, 7) is 0. The minimum Gasteiger partial charge on any atom is -0.219 e. The number of hydrogen-bond donors (Lipinski definition) is 0. The third-order valence-corrected chi connectivity index (χ3v) is 6.34. The van der Waals surface area contributed by atoms with Gasteiger partial charge in [0.1, 0.15) is 0 Å². The number of alkyl halides is 4. The van der Waals surface area contributed by atoms with E-state index in [1.54, 1.807) is 31.9 Å². The maximum absolute atomic E-state index is 12.9. The first-order chi connectivity index (χ1) is 5.57. The van der Waals surface area contributed by atoms with E-state index in [9.17, 15) is 26.0 Å². The quantitative estimate of drug-likeness (QED) is 0.498. The van der Waals surface area contributed by atoms with E-state index in [2.05, 4.69) is 0 Å². The molecule has 1 aliphatic rings. The van der Waals surface area contributed by atoms with Crippen molar-refractivity contribution in [3.63, 3.8) is 0 Å². The first-order valence-electron chi connectivity index (χ1n) is 2.63. The van der Waals surface area contributed by atoms with Crippen LogP contribution in [-0.2, 0) is 9.84 Å². The Balaban J connectivity index is 3.58. The van der Waals surface area contributed by atoms with Gasteiger partial charge in [0.2, 0.25) is 11.7 Å². The molecule has 2 nitrogen and oxygen atoms in total. The summed E-state index contributed by atoms with van der Waals surface area (Å²) >= 11 is 3.50. The average molecular weight is 348 g/mol. The molecular formula is C4Br2F4O2S. The summed E-state index contributed by atoms with van der Waals surface area (Å²) in [5.74, 6) is -4.68. The topological polar surface area (TPSA) is 34.1 Å². The summed E-state index contributed by atoms with van der Waals surface area (Å²) in [5.41, 5.74) is 0. The van der Waals surface area contributed by atoms with Gasteiger partial charge in [-0.3, -0.25) is 0 Å². The summed E-state index contributed by atoms with van der Waals surface area (Å²) in [4.78, 5) is 0. The van der Waals surface area contributed by atoms with Gasteiger partial charge in [0.25, 0.3) is 9.84 Å². The molecule has 0 aromatic heterocycles. The second kappa shape index (κ2) is 2.69. The van der Waals surface area contributed by atoms with E-state index in [4.69, 9.17) is 0 Å². The fourth-order valence-electron chi connectivity index (χ4n) is 0.652. The monoisotopic (exact) mass is 346 g/mol. The van der Waals surface area contributed by atoms with Crippen LogP contribution >= 0.6 is 31.9 Å². The van der Waals surface area contributed by atoms with Crippen molar-refractivity contribution in [1.29, 1.82) is 0 Å². The summed E-state index contributed by atoms with van der Waals surface area (Å²) in [5, 5.41) is 0. The maximum atomic E-state index is 12.9. The van der Waals surface area contributed by atoms with Crippen LogP contribution in [-0.4, -0.2) is 16.2 Å². The summed E-state index contributed by atoms with van der Waals surface area (Å²) < 4.78 is 64.8. The van der Waals surface area contributed by atoms with Gasteiger partial charge in [-0.25, -0.2) is 26.0 Å². The van der Waals surface area contributed by atoms with Crippen molar-refractivity contribution in [3.8, 4) is 0 Å². The molecule has 0 aromatic carbocycles. The second-order valence-electron chi connectivity index (χ2n) is 2.16. The van der Waals surface area contributed by atoms with Gasteiger partial charge < -0.3 is 0 Å². The highest BCUT2D eigenvalue weighted by molar-refractivity contribution is 9.14. The Morgan fingerprint density at radius 3 is 1.31 bits per heavy atom. The highest BCUT2D eigenvalue weighted by Crippen LogP contribution is 2.57. The zero-order valence-corrected chi connectivity index (χ0v) is 9.48. The molecule has 0 saturated carbocycles. The molecule has 13 heavy (non-hydrogen) atoms. The third kappa shape index (κ3) is 1.13. The van der Waals surface area contributed by atoms with Gasteiger partial charge in [0, 0.05) is 0 Å². The molecule has 0 N–H and O–H groups in total. The van der Waals surface area contributed by atoms with E-state index in [1.165, 1.54) is 0 Å². The van der Waals surface area contributed by atoms with E-state index >= 15 is 0 Å². The Morgan fingerprint density at radius 2 is 1.23 bits per heavy atom. The Kier molecular flexibility index (Phi) is 2.37. The van der Waals surface area contributed by atoms with E-state index in [0.717, 1.165) is 0 Å². The van der Waals surface area contributed by atoms with Crippen LogP contribution < -0.4 is 0 Å². The van der Waals surface area contributed by atoms with Gasteiger partial charge in [0.05, 0.1) is 0 Å². The Morgan fingerprint density at radius 1 is 1.00 bits per heavy atom. The number of rotatable bonds is 0. The molecule has 0 aliphatic carbocycles. The fraction of sp³-hybridized carbons (Fsp3) is 0.500. The van der Waals surface area contributed by atoms with Crippen LogP contribution in [0.2, 0.25) is 0 Å². The van der Waals surface area contributed by atoms with Crippen molar-refractivity contribution in [3.05, 3.63) is 11.7 Å². The third-order valence-electron chi connectivity index (χ3n) is 1.38. The molecular weight excluding hydrogens is 348 g/mol. The first-order valence-corrected chi connectivity index (χ1v) is 5.69. The molecule has 1 rings (SSSR count). The molecule has 0 unspecified atom stereocenters. The molecule has 0 aromatic rings. The Bertz CT molecular complexity index is 355. The van der Waals surface area contributed by atoms with E-state index in [1.807, 2.05) is 0 Å². The lowest BCUT2D eigenvalue weighted by molar-refractivity contribution is 0.364. The van der Waals surface area contributed by atoms with Gasteiger partial charge >= 0.3 is 7.82 Å². The smallest absolute Gasteiger partial charge is 0.219 e. The molecule has 1 aliphatic heterocycles. The zero-order valence-electron chi connectivity index (χ0n) is 5.49. The molecule has 76 valence electrons. The van der Waals surface area contributed by atoms with Gasteiger partial charge in [-0.2, -0.15) is 0 Å². The Hall–Kier alpha value is 0.370. The van der Waals surface area contributed by atoms with Crippen molar-refractivity contribution in [2.45, 2.75) is 7.82 Å².